The molecule has 1 aliphatic rings. The molecule has 3 rings (SSSR count). The molecule has 0 amide bonds. The van der Waals surface area contributed by atoms with Gasteiger partial charge < -0.3 is 4.74 Å². The van der Waals surface area contributed by atoms with Gasteiger partial charge in [0.2, 0.25) is 0 Å². The predicted octanol–water partition coefficient (Wildman–Crippen LogP) is 5.32. The Hall–Kier alpha value is -1.50. The molecule has 2 aromatic rings. The van der Waals surface area contributed by atoms with Crippen molar-refractivity contribution in [1.29, 1.82) is 0 Å². The second kappa shape index (κ2) is 6.30. The Bertz CT molecular complexity index is 567. The SMILES string of the molecule is [CH2]CCc1cccc2ccc(OC3CCCCC3)cc12. The second-order valence-electron chi connectivity index (χ2n) is 5.78. The molecule has 0 heterocycles. The molecule has 1 radical (unpaired) electrons. The van der Waals surface area contributed by atoms with Crippen molar-refractivity contribution in [2.75, 3.05) is 0 Å². The van der Waals surface area contributed by atoms with Gasteiger partial charge in [-0.25, -0.2) is 0 Å². The molecule has 2 aromatic carbocycles. The monoisotopic (exact) mass is 267 g/mol. The summed E-state index contributed by atoms with van der Waals surface area (Å²) in [6.45, 7) is 3.97. The first-order valence-corrected chi connectivity index (χ1v) is 7.84. The second-order valence-corrected chi connectivity index (χ2v) is 5.78. The van der Waals surface area contributed by atoms with Crippen molar-refractivity contribution in [1.82, 2.24) is 0 Å². The summed E-state index contributed by atoms with van der Waals surface area (Å²) < 4.78 is 6.18. The zero-order valence-corrected chi connectivity index (χ0v) is 12.1. The van der Waals surface area contributed by atoms with Gasteiger partial charge in [-0.2, -0.15) is 0 Å². The summed E-state index contributed by atoms with van der Waals surface area (Å²) in [7, 11) is 0. The summed E-state index contributed by atoms with van der Waals surface area (Å²) in [5.41, 5.74) is 1.38. The van der Waals surface area contributed by atoms with E-state index in [4.69, 9.17) is 4.74 Å². The van der Waals surface area contributed by atoms with Gasteiger partial charge in [-0.1, -0.05) is 37.6 Å². The molecule has 1 saturated carbocycles. The molecule has 1 nitrogen and oxygen atoms in total. The van der Waals surface area contributed by atoms with Gasteiger partial charge in [0, 0.05) is 0 Å². The Balaban J connectivity index is 1.86. The average Bonchev–Trinajstić information content (AvgIpc) is 2.49. The number of hydrogen-bond acceptors (Lipinski definition) is 1. The van der Waals surface area contributed by atoms with Gasteiger partial charge in [0.1, 0.15) is 5.75 Å². The molecule has 0 bridgehead atoms. The molecule has 20 heavy (non-hydrogen) atoms. The van der Waals surface area contributed by atoms with Crippen molar-refractivity contribution in [3.8, 4) is 5.75 Å². The lowest BCUT2D eigenvalue weighted by atomic mass is 9.97. The van der Waals surface area contributed by atoms with Gasteiger partial charge in [0.15, 0.2) is 0 Å². The van der Waals surface area contributed by atoms with Crippen molar-refractivity contribution in [2.24, 2.45) is 0 Å². The molecule has 0 spiro atoms. The molecule has 1 heteroatoms. The van der Waals surface area contributed by atoms with Crippen molar-refractivity contribution in [3.05, 3.63) is 48.9 Å². The molecule has 0 N–H and O–H groups in total. The van der Waals surface area contributed by atoms with E-state index < -0.39 is 0 Å². The van der Waals surface area contributed by atoms with Gasteiger partial charge in [-0.15, -0.1) is 0 Å². The van der Waals surface area contributed by atoms with Crippen molar-refractivity contribution < 1.29 is 4.74 Å². The van der Waals surface area contributed by atoms with Gasteiger partial charge in [-0.3, -0.25) is 0 Å². The fourth-order valence-corrected chi connectivity index (χ4v) is 3.17. The van der Waals surface area contributed by atoms with E-state index in [9.17, 15) is 0 Å². The summed E-state index contributed by atoms with van der Waals surface area (Å²) in [5, 5.41) is 2.62. The standard InChI is InChI=1S/C19H23O/c1-2-7-15-8-6-9-16-12-13-18(14-19(15)16)20-17-10-4-3-5-11-17/h6,8-9,12-14,17H,1-5,7,10-11H2. The van der Waals surface area contributed by atoms with E-state index in [-0.39, 0.29) is 0 Å². The highest BCUT2D eigenvalue weighted by molar-refractivity contribution is 5.87. The van der Waals surface area contributed by atoms with Crippen LogP contribution in [-0.4, -0.2) is 6.10 Å². The van der Waals surface area contributed by atoms with Crippen LogP contribution in [-0.2, 0) is 6.42 Å². The zero-order valence-electron chi connectivity index (χ0n) is 12.1. The number of fused-ring (bicyclic) bond motifs is 1. The molecule has 105 valence electrons. The van der Waals surface area contributed by atoms with Crippen LogP contribution < -0.4 is 4.74 Å². The first-order chi connectivity index (χ1) is 9.86. The summed E-state index contributed by atoms with van der Waals surface area (Å²) in [5.74, 6) is 1.03. The Morgan fingerprint density at radius 3 is 2.70 bits per heavy atom. The topological polar surface area (TPSA) is 9.23 Å². The fraction of sp³-hybridized carbons (Fsp3) is 0.421. The largest absolute Gasteiger partial charge is 0.490 e. The van der Waals surface area contributed by atoms with Crippen LogP contribution >= 0.6 is 0 Å². The number of benzene rings is 2. The third kappa shape index (κ3) is 2.98. The van der Waals surface area contributed by atoms with E-state index in [0.29, 0.717) is 6.10 Å². The zero-order chi connectivity index (χ0) is 13.8. The maximum absolute atomic E-state index is 6.18. The minimum atomic E-state index is 0.418. The Morgan fingerprint density at radius 1 is 1.05 bits per heavy atom. The highest BCUT2D eigenvalue weighted by Gasteiger charge is 2.15. The van der Waals surface area contributed by atoms with Crippen LogP contribution in [0.15, 0.2) is 36.4 Å². The molecule has 0 atom stereocenters. The van der Waals surface area contributed by atoms with Crippen LogP contribution in [0.3, 0.4) is 0 Å². The summed E-state index contributed by atoms with van der Waals surface area (Å²) >= 11 is 0. The van der Waals surface area contributed by atoms with Gasteiger partial charge in [0.25, 0.3) is 0 Å². The van der Waals surface area contributed by atoms with E-state index in [2.05, 4.69) is 43.3 Å². The minimum absolute atomic E-state index is 0.418. The molecular formula is C19H23O. The molecular weight excluding hydrogens is 244 g/mol. The molecule has 0 aromatic heterocycles. The third-order valence-corrected chi connectivity index (χ3v) is 4.24. The van der Waals surface area contributed by atoms with Crippen LogP contribution in [0.25, 0.3) is 10.8 Å². The maximum Gasteiger partial charge on any atom is 0.120 e. The Kier molecular flexibility index (Phi) is 4.25. The van der Waals surface area contributed by atoms with Crippen molar-refractivity contribution >= 4 is 10.8 Å². The number of rotatable bonds is 4. The van der Waals surface area contributed by atoms with E-state index in [1.54, 1.807) is 0 Å². The average molecular weight is 267 g/mol. The van der Waals surface area contributed by atoms with Crippen LogP contribution in [0.2, 0.25) is 0 Å². The normalized spacial score (nSPS) is 16.4. The molecule has 0 aliphatic heterocycles. The van der Waals surface area contributed by atoms with Crippen molar-refractivity contribution in [2.45, 2.75) is 51.0 Å². The lowest BCUT2D eigenvalue weighted by Gasteiger charge is -2.23. The van der Waals surface area contributed by atoms with E-state index in [1.165, 1.54) is 48.4 Å². The van der Waals surface area contributed by atoms with E-state index in [1.807, 2.05) is 0 Å². The van der Waals surface area contributed by atoms with Gasteiger partial charge >= 0.3 is 0 Å². The lowest BCUT2D eigenvalue weighted by Crippen LogP contribution is -2.19. The van der Waals surface area contributed by atoms with Crippen LogP contribution in [0.4, 0.5) is 0 Å². The Morgan fingerprint density at radius 2 is 1.90 bits per heavy atom. The number of aryl methyl sites for hydroxylation is 1. The predicted molar refractivity (Wildman–Crippen MR) is 85.1 cm³/mol. The van der Waals surface area contributed by atoms with Crippen molar-refractivity contribution in [3.63, 3.8) is 0 Å². The molecule has 0 unspecified atom stereocenters. The van der Waals surface area contributed by atoms with Gasteiger partial charge in [0.05, 0.1) is 6.10 Å². The molecule has 1 aliphatic carbocycles. The summed E-state index contributed by atoms with van der Waals surface area (Å²) in [6.07, 6.45) is 8.79. The lowest BCUT2D eigenvalue weighted by molar-refractivity contribution is 0.155. The molecule has 0 saturated heterocycles. The summed E-state index contributed by atoms with van der Waals surface area (Å²) in [4.78, 5) is 0. The highest BCUT2D eigenvalue weighted by Crippen LogP contribution is 2.28. The minimum Gasteiger partial charge on any atom is -0.490 e. The molecule has 1 fully saturated rings. The fourth-order valence-electron chi connectivity index (χ4n) is 3.17. The number of hydrogen-bond donors (Lipinski definition) is 0. The van der Waals surface area contributed by atoms with Crippen LogP contribution in [0, 0.1) is 6.92 Å². The summed E-state index contributed by atoms with van der Waals surface area (Å²) in [6, 6.07) is 13.0. The first-order valence-electron chi connectivity index (χ1n) is 7.84. The highest BCUT2D eigenvalue weighted by atomic mass is 16.5. The van der Waals surface area contributed by atoms with Gasteiger partial charge in [-0.05, 0) is 67.0 Å². The van der Waals surface area contributed by atoms with E-state index >= 15 is 0 Å². The quantitative estimate of drug-likeness (QED) is 0.728. The smallest absolute Gasteiger partial charge is 0.120 e. The van der Waals surface area contributed by atoms with E-state index in [0.717, 1.165) is 18.6 Å². The Labute approximate surface area is 122 Å². The first kappa shape index (κ1) is 13.5. The third-order valence-electron chi connectivity index (χ3n) is 4.24. The maximum atomic E-state index is 6.18. The van der Waals surface area contributed by atoms with Crippen LogP contribution in [0.1, 0.15) is 44.1 Å². The number of ether oxygens (including phenoxy) is 1. The van der Waals surface area contributed by atoms with Crippen LogP contribution in [0.5, 0.6) is 5.75 Å².